The van der Waals surface area contributed by atoms with E-state index in [9.17, 15) is 20.2 Å². The number of unbranched alkanes of at least 4 members (excludes halogenated alkanes) is 2. The highest BCUT2D eigenvalue weighted by atomic mass is 16.6. The fourth-order valence-electron chi connectivity index (χ4n) is 8.44. The Hall–Kier alpha value is -4.72. The van der Waals surface area contributed by atoms with E-state index in [1.165, 1.54) is 46.5 Å². The molecule has 1 aliphatic carbocycles. The summed E-state index contributed by atoms with van der Waals surface area (Å²) < 4.78 is 12.9. The van der Waals surface area contributed by atoms with E-state index in [0.717, 1.165) is 98.0 Å². The van der Waals surface area contributed by atoms with Crippen LogP contribution in [0.4, 0.5) is 11.4 Å². The van der Waals surface area contributed by atoms with Gasteiger partial charge in [0.05, 0.1) is 22.0 Å². The third-order valence-electron chi connectivity index (χ3n) is 12.1. The van der Waals surface area contributed by atoms with Crippen LogP contribution >= 0.6 is 0 Å². The van der Waals surface area contributed by atoms with Crippen LogP contribution in [0.1, 0.15) is 130 Å². The van der Waals surface area contributed by atoms with Crippen LogP contribution in [0.2, 0.25) is 0 Å². The molecule has 0 aromatic heterocycles. The molecule has 8 nitrogen and oxygen atoms in total. The van der Waals surface area contributed by atoms with Crippen molar-refractivity contribution < 1.29 is 19.3 Å². The van der Waals surface area contributed by atoms with E-state index in [1.807, 2.05) is 13.8 Å². The Balaban J connectivity index is 1.40. The van der Waals surface area contributed by atoms with Crippen molar-refractivity contribution in [2.45, 2.75) is 137 Å². The minimum absolute atomic E-state index is 0.0206. The first-order valence-electron chi connectivity index (χ1n) is 19.7. The number of non-ortho nitro benzene ring substituents is 2. The SMILES string of the molecule is CCCCc1cc(C2(C)CCC(C(C)(C)c3cc(CCCC)c(Oc4cc([N+](=O)[O-])ccc4C)cc3C)CC2)c(C)cc1Oc1cc([N+](=O)[O-])ccc1C. The molecule has 4 aromatic carbocycles. The molecular formula is C46H58N2O6. The predicted octanol–water partition coefficient (Wildman–Crippen LogP) is 13.4. The fraction of sp³-hybridized carbons (Fsp3) is 0.478. The van der Waals surface area contributed by atoms with Crippen LogP contribution in [0, 0.1) is 53.8 Å². The molecule has 4 aromatic rings. The van der Waals surface area contributed by atoms with Crippen molar-refractivity contribution in [2.24, 2.45) is 5.92 Å². The molecule has 54 heavy (non-hydrogen) atoms. The standard InChI is InChI=1S/C46H58N2O6/c1-10-12-14-34-26-39(32(5)24-43(34)53-41-28-37(47(49)50)18-16-30(41)3)45(7,8)36-20-22-46(9,23-21-36)40-27-35(15-13-11-2)44(25-33(40)6)54-42-29-38(48(51)52)19-17-31(42)4/h16-19,24-29,36H,10-15,20-23H2,1-9H3. The quantitative estimate of drug-likeness (QED) is 0.0889. The van der Waals surface area contributed by atoms with Crippen LogP contribution in [0.3, 0.4) is 0 Å². The number of nitro benzene ring substituents is 2. The van der Waals surface area contributed by atoms with Gasteiger partial charge in [-0.1, -0.05) is 59.6 Å². The van der Waals surface area contributed by atoms with Crippen molar-refractivity contribution in [1.82, 2.24) is 0 Å². The maximum Gasteiger partial charge on any atom is 0.273 e. The molecule has 0 radical (unpaired) electrons. The van der Waals surface area contributed by atoms with Crippen LogP contribution in [0.15, 0.2) is 60.7 Å². The van der Waals surface area contributed by atoms with Crippen molar-refractivity contribution in [3.05, 3.63) is 125 Å². The van der Waals surface area contributed by atoms with Gasteiger partial charge in [-0.15, -0.1) is 0 Å². The van der Waals surface area contributed by atoms with Gasteiger partial charge in [-0.3, -0.25) is 20.2 Å². The first-order valence-corrected chi connectivity index (χ1v) is 19.7. The molecule has 0 unspecified atom stereocenters. The average Bonchev–Trinajstić information content (AvgIpc) is 3.12. The van der Waals surface area contributed by atoms with Crippen LogP contribution in [-0.2, 0) is 23.7 Å². The zero-order valence-corrected chi connectivity index (χ0v) is 33.8. The summed E-state index contributed by atoms with van der Waals surface area (Å²) in [5, 5.41) is 23.0. The van der Waals surface area contributed by atoms with E-state index in [1.54, 1.807) is 12.1 Å². The Bertz CT molecular complexity index is 2010. The first-order chi connectivity index (χ1) is 25.6. The zero-order chi connectivity index (χ0) is 39.4. The monoisotopic (exact) mass is 734 g/mol. The second-order valence-corrected chi connectivity index (χ2v) is 16.4. The lowest BCUT2D eigenvalue weighted by atomic mass is 9.59. The molecule has 1 fully saturated rings. The minimum Gasteiger partial charge on any atom is -0.457 e. The molecule has 0 spiro atoms. The van der Waals surface area contributed by atoms with Gasteiger partial charge in [0.25, 0.3) is 11.4 Å². The highest BCUT2D eigenvalue weighted by molar-refractivity contribution is 5.52. The summed E-state index contributed by atoms with van der Waals surface area (Å²) in [5.41, 5.74) is 9.14. The molecule has 0 atom stereocenters. The number of ether oxygens (including phenoxy) is 2. The van der Waals surface area contributed by atoms with E-state index < -0.39 is 0 Å². The van der Waals surface area contributed by atoms with Gasteiger partial charge in [0, 0.05) is 12.1 Å². The van der Waals surface area contributed by atoms with Gasteiger partial charge in [-0.2, -0.15) is 0 Å². The van der Waals surface area contributed by atoms with Gasteiger partial charge in [-0.25, -0.2) is 0 Å². The normalized spacial score (nSPS) is 17.3. The summed E-state index contributed by atoms with van der Waals surface area (Å²) in [6.07, 6.45) is 10.3. The van der Waals surface area contributed by atoms with Crippen molar-refractivity contribution in [3.63, 3.8) is 0 Å². The molecule has 0 amide bonds. The molecule has 5 rings (SSSR count). The number of benzene rings is 4. The third-order valence-corrected chi connectivity index (χ3v) is 12.1. The summed E-state index contributed by atoms with van der Waals surface area (Å²) in [5.74, 6) is 3.10. The summed E-state index contributed by atoms with van der Waals surface area (Å²) >= 11 is 0. The van der Waals surface area contributed by atoms with Crippen molar-refractivity contribution in [2.75, 3.05) is 0 Å². The molecular weight excluding hydrogens is 677 g/mol. The molecule has 1 aliphatic rings. The smallest absolute Gasteiger partial charge is 0.273 e. The number of rotatable bonds is 15. The lowest BCUT2D eigenvalue weighted by molar-refractivity contribution is -0.385. The summed E-state index contributed by atoms with van der Waals surface area (Å²) in [6.45, 7) is 19.8. The van der Waals surface area contributed by atoms with Gasteiger partial charge >= 0.3 is 0 Å². The highest BCUT2D eigenvalue weighted by Gasteiger charge is 2.41. The largest absolute Gasteiger partial charge is 0.457 e. The van der Waals surface area contributed by atoms with Gasteiger partial charge < -0.3 is 9.47 Å². The fourth-order valence-corrected chi connectivity index (χ4v) is 8.44. The van der Waals surface area contributed by atoms with E-state index in [2.05, 4.69) is 72.7 Å². The van der Waals surface area contributed by atoms with Crippen LogP contribution in [0.5, 0.6) is 23.0 Å². The van der Waals surface area contributed by atoms with Crippen molar-refractivity contribution >= 4 is 11.4 Å². The number of nitro groups is 2. The van der Waals surface area contributed by atoms with E-state index >= 15 is 0 Å². The van der Waals surface area contributed by atoms with Gasteiger partial charge in [0.2, 0.25) is 0 Å². The van der Waals surface area contributed by atoms with Crippen LogP contribution < -0.4 is 9.47 Å². The lowest BCUT2D eigenvalue weighted by Crippen LogP contribution is -2.37. The minimum atomic E-state index is -0.379. The molecule has 0 N–H and O–H groups in total. The summed E-state index contributed by atoms with van der Waals surface area (Å²) in [7, 11) is 0. The Labute approximate surface area is 321 Å². The topological polar surface area (TPSA) is 105 Å². The van der Waals surface area contributed by atoms with E-state index in [-0.39, 0.29) is 32.1 Å². The molecule has 8 heteroatoms. The van der Waals surface area contributed by atoms with E-state index in [0.29, 0.717) is 17.4 Å². The molecule has 1 saturated carbocycles. The number of hydrogen-bond donors (Lipinski definition) is 0. The lowest BCUT2D eigenvalue weighted by Gasteiger charge is -2.45. The van der Waals surface area contributed by atoms with Crippen LogP contribution in [-0.4, -0.2) is 9.85 Å². The highest BCUT2D eigenvalue weighted by Crippen LogP contribution is 2.50. The Morgan fingerprint density at radius 2 is 1.13 bits per heavy atom. The molecule has 0 bridgehead atoms. The Morgan fingerprint density at radius 3 is 1.59 bits per heavy atom. The zero-order valence-electron chi connectivity index (χ0n) is 33.8. The summed E-state index contributed by atoms with van der Waals surface area (Å²) in [6, 6.07) is 18.6. The van der Waals surface area contributed by atoms with Crippen molar-refractivity contribution in [1.29, 1.82) is 0 Å². The number of hydrogen-bond acceptors (Lipinski definition) is 6. The molecule has 0 aliphatic heterocycles. The van der Waals surface area contributed by atoms with E-state index in [4.69, 9.17) is 9.47 Å². The van der Waals surface area contributed by atoms with Crippen LogP contribution in [0.25, 0.3) is 0 Å². The number of nitrogens with zero attached hydrogens (tertiary/aromatic N) is 2. The maximum absolute atomic E-state index is 11.5. The first kappa shape index (κ1) is 40.5. The van der Waals surface area contributed by atoms with Gasteiger partial charge in [-0.05, 0) is 165 Å². The van der Waals surface area contributed by atoms with Gasteiger partial charge in [0.1, 0.15) is 23.0 Å². The Morgan fingerprint density at radius 1 is 0.667 bits per heavy atom. The summed E-state index contributed by atoms with van der Waals surface area (Å²) in [4.78, 5) is 22.3. The Kier molecular flexibility index (Phi) is 12.5. The van der Waals surface area contributed by atoms with Crippen molar-refractivity contribution in [3.8, 4) is 23.0 Å². The molecule has 0 saturated heterocycles. The molecule has 288 valence electrons. The maximum atomic E-state index is 11.5. The molecule has 0 heterocycles. The second kappa shape index (κ2) is 16.7. The number of aryl methyl sites for hydroxylation is 6. The predicted molar refractivity (Wildman–Crippen MR) is 218 cm³/mol. The second-order valence-electron chi connectivity index (χ2n) is 16.4. The van der Waals surface area contributed by atoms with Gasteiger partial charge in [0.15, 0.2) is 0 Å². The third kappa shape index (κ3) is 8.80. The average molecular weight is 735 g/mol.